The summed E-state index contributed by atoms with van der Waals surface area (Å²) in [6, 6.07) is 13.7. The molecule has 0 spiro atoms. The first-order valence-corrected chi connectivity index (χ1v) is 8.46. The molecule has 0 saturated heterocycles. The zero-order chi connectivity index (χ0) is 19.9. The van der Waals surface area contributed by atoms with E-state index in [4.69, 9.17) is 0 Å². The third kappa shape index (κ3) is 3.15. The number of nitrogens with zero attached hydrogens (tertiary/aromatic N) is 3. The predicted octanol–water partition coefficient (Wildman–Crippen LogP) is 4.95. The topological polar surface area (TPSA) is 47.3 Å². The number of ketones is 1. The van der Waals surface area contributed by atoms with Crippen molar-refractivity contribution in [3.05, 3.63) is 89.2 Å². The van der Waals surface area contributed by atoms with E-state index in [1.54, 1.807) is 30.3 Å². The Kier molecular flexibility index (Phi) is 4.22. The van der Waals surface area contributed by atoms with E-state index in [2.05, 4.69) is 10.1 Å². The maximum absolute atomic E-state index is 13.0. The first-order valence-electron chi connectivity index (χ1n) is 8.46. The molecule has 0 atom stereocenters. The summed E-state index contributed by atoms with van der Waals surface area (Å²) in [5.41, 5.74) is 2.03. The number of aryl methyl sites for hydroxylation is 1. The smallest absolute Gasteiger partial charge is 0.288 e. The van der Waals surface area contributed by atoms with Gasteiger partial charge < -0.3 is 0 Å². The maximum atomic E-state index is 13.0. The lowest BCUT2D eigenvalue weighted by molar-refractivity contribution is -0.137. The summed E-state index contributed by atoms with van der Waals surface area (Å²) in [5, 5.41) is 4.21. The lowest BCUT2D eigenvalue weighted by Gasteiger charge is -2.10. The summed E-state index contributed by atoms with van der Waals surface area (Å²) in [5.74, 6) is -0.243. The Morgan fingerprint density at radius 2 is 1.82 bits per heavy atom. The number of hydrogen-bond donors (Lipinski definition) is 0. The first-order chi connectivity index (χ1) is 13.3. The van der Waals surface area contributed by atoms with E-state index in [0.717, 1.165) is 17.7 Å². The normalized spacial score (nSPS) is 11.7. The molecule has 0 aliphatic carbocycles. The van der Waals surface area contributed by atoms with E-state index in [0.29, 0.717) is 28.0 Å². The third-order valence-corrected chi connectivity index (χ3v) is 4.41. The van der Waals surface area contributed by atoms with Crippen LogP contribution in [0.5, 0.6) is 0 Å². The number of alkyl halides is 3. The van der Waals surface area contributed by atoms with Gasteiger partial charge in [0.1, 0.15) is 0 Å². The molecule has 2 aromatic heterocycles. The summed E-state index contributed by atoms with van der Waals surface area (Å²) >= 11 is 0. The number of halogens is 3. The minimum Gasteiger partial charge on any atom is -0.288 e. The quantitative estimate of drug-likeness (QED) is 0.472. The van der Waals surface area contributed by atoms with Gasteiger partial charge in [-0.15, -0.1) is 0 Å². The van der Waals surface area contributed by atoms with Crippen LogP contribution in [0.3, 0.4) is 0 Å². The van der Waals surface area contributed by atoms with Crippen molar-refractivity contribution in [2.45, 2.75) is 13.1 Å². The Morgan fingerprint density at radius 1 is 1.04 bits per heavy atom. The van der Waals surface area contributed by atoms with Crippen molar-refractivity contribution < 1.29 is 18.0 Å². The van der Waals surface area contributed by atoms with Gasteiger partial charge in [0.05, 0.1) is 23.0 Å². The third-order valence-electron chi connectivity index (χ3n) is 4.41. The number of benzene rings is 2. The van der Waals surface area contributed by atoms with E-state index in [9.17, 15) is 18.0 Å². The van der Waals surface area contributed by atoms with Crippen LogP contribution in [-0.4, -0.2) is 20.4 Å². The second-order valence-electron chi connectivity index (χ2n) is 6.40. The summed E-state index contributed by atoms with van der Waals surface area (Å²) in [4.78, 5) is 17.1. The van der Waals surface area contributed by atoms with Crippen molar-refractivity contribution >= 4 is 11.4 Å². The maximum Gasteiger partial charge on any atom is 0.416 e. The van der Waals surface area contributed by atoms with Crippen LogP contribution < -0.4 is 0 Å². The predicted molar refractivity (Wildman–Crippen MR) is 98.0 cm³/mol. The van der Waals surface area contributed by atoms with Gasteiger partial charge in [0, 0.05) is 17.3 Å². The second-order valence-corrected chi connectivity index (χ2v) is 6.40. The van der Waals surface area contributed by atoms with Gasteiger partial charge in [-0.1, -0.05) is 35.9 Å². The fraction of sp³-hybridized carbons (Fsp3) is 0.0952. The minimum absolute atomic E-state index is 0.243. The van der Waals surface area contributed by atoms with Crippen molar-refractivity contribution in [3.8, 4) is 11.3 Å². The zero-order valence-electron chi connectivity index (χ0n) is 14.7. The van der Waals surface area contributed by atoms with Gasteiger partial charge in [-0.2, -0.15) is 18.3 Å². The summed E-state index contributed by atoms with van der Waals surface area (Å²) in [6.45, 7) is 1.89. The first kappa shape index (κ1) is 17.9. The Balaban J connectivity index is 1.83. The van der Waals surface area contributed by atoms with Crippen molar-refractivity contribution in [2.24, 2.45) is 0 Å². The fourth-order valence-corrected chi connectivity index (χ4v) is 3.07. The van der Waals surface area contributed by atoms with Gasteiger partial charge in [-0.25, -0.2) is 9.50 Å². The largest absolute Gasteiger partial charge is 0.416 e. The molecule has 4 nitrogen and oxygen atoms in total. The van der Waals surface area contributed by atoms with Crippen LogP contribution in [0.25, 0.3) is 16.9 Å². The van der Waals surface area contributed by atoms with Crippen LogP contribution in [0.2, 0.25) is 0 Å². The number of carbonyl (C=O) groups excluding carboxylic acids is 1. The zero-order valence-corrected chi connectivity index (χ0v) is 14.7. The van der Waals surface area contributed by atoms with E-state index < -0.39 is 11.7 Å². The van der Waals surface area contributed by atoms with Crippen LogP contribution in [0, 0.1) is 6.92 Å². The number of rotatable bonds is 3. The molecule has 0 fully saturated rings. The van der Waals surface area contributed by atoms with Gasteiger partial charge in [0.2, 0.25) is 0 Å². The van der Waals surface area contributed by atoms with Crippen LogP contribution >= 0.6 is 0 Å². The number of hydrogen-bond acceptors (Lipinski definition) is 3. The van der Waals surface area contributed by atoms with Crippen LogP contribution in [-0.2, 0) is 6.18 Å². The molecule has 4 rings (SSSR count). The standard InChI is InChI=1S/C21H14F3N3O/c1-13-4-2-6-15(10-13)19(28)17-12-26-27-18(8-9-25-20(17)27)14-5-3-7-16(11-14)21(22,23)24/h2-12H,1H3. The average molecular weight is 381 g/mol. The Morgan fingerprint density at radius 3 is 2.57 bits per heavy atom. The van der Waals surface area contributed by atoms with Crippen molar-refractivity contribution in [3.63, 3.8) is 0 Å². The molecule has 0 aliphatic heterocycles. The van der Waals surface area contributed by atoms with Gasteiger partial charge in [-0.3, -0.25) is 4.79 Å². The summed E-state index contributed by atoms with van der Waals surface area (Å²) in [6.07, 6.45) is -1.59. The molecule has 0 N–H and O–H groups in total. The van der Waals surface area contributed by atoms with Crippen molar-refractivity contribution in [1.29, 1.82) is 0 Å². The summed E-state index contributed by atoms with van der Waals surface area (Å²) < 4.78 is 40.5. The number of fused-ring (bicyclic) bond motifs is 1. The minimum atomic E-state index is -4.45. The highest BCUT2D eigenvalue weighted by Gasteiger charge is 2.30. The molecule has 0 saturated carbocycles. The van der Waals surface area contributed by atoms with Gasteiger partial charge in [0.25, 0.3) is 0 Å². The van der Waals surface area contributed by atoms with Gasteiger partial charge in [-0.05, 0) is 31.2 Å². The van der Waals surface area contributed by atoms with Crippen LogP contribution in [0.15, 0.2) is 67.0 Å². The van der Waals surface area contributed by atoms with E-state index in [-0.39, 0.29) is 5.78 Å². The Bertz CT molecular complexity index is 1190. The van der Waals surface area contributed by atoms with Crippen LogP contribution in [0.4, 0.5) is 13.2 Å². The monoisotopic (exact) mass is 381 g/mol. The van der Waals surface area contributed by atoms with Gasteiger partial charge >= 0.3 is 6.18 Å². The molecule has 0 aliphatic rings. The Labute approximate surface area is 158 Å². The van der Waals surface area contributed by atoms with E-state index in [1.807, 2.05) is 13.0 Å². The molecule has 2 heterocycles. The SMILES string of the molecule is Cc1cccc(C(=O)c2cnn3c(-c4cccc(C(F)(F)F)c4)ccnc23)c1. The molecular formula is C21H14F3N3O. The average Bonchev–Trinajstić information content (AvgIpc) is 3.11. The molecule has 28 heavy (non-hydrogen) atoms. The molecule has 7 heteroatoms. The van der Waals surface area contributed by atoms with E-state index in [1.165, 1.54) is 23.0 Å². The lowest BCUT2D eigenvalue weighted by Crippen LogP contribution is -2.05. The molecule has 140 valence electrons. The number of carbonyl (C=O) groups is 1. The highest BCUT2D eigenvalue weighted by atomic mass is 19.4. The van der Waals surface area contributed by atoms with Crippen molar-refractivity contribution in [2.75, 3.05) is 0 Å². The van der Waals surface area contributed by atoms with Crippen LogP contribution in [0.1, 0.15) is 27.0 Å². The molecule has 0 bridgehead atoms. The fourth-order valence-electron chi connectivity index (χ4n) is 3.07. The second kappa shape index (κ2) is 6.60. The lowest BCUT2D eigenvalue weighted by atomic mass is 10.0. The molecule has 2 aromatic carbocycles. The highest BCUT2D eigenvalue weighted by Crippen LogP contribution is 2.32. The molecule has 4 aromatic rings. The van der Waals surface area contributed by atoms with Gasteiger partial charge in [0.15, 0.2) is 11.4 Å². The molecular weight excluding hydrogens is 367 g/mol. The Hall–Kier alpha value is -3.48. The van der Waals surface area contributed by atoms with E-state index >= 15 is 0 Å². The molecule has 0 radical (unpaired) electrons. The molecule has 0 amide bonds. The number of aromatic nitrogens is 3. The molecule has 0 unspecified atom stereocenters. The van der Waals surface area contributed by atoms with Crippen molar-refractivity contribution in [1.82, 2.24) is 14.6 Å². The summed E-state index contributed by atoms with van der Waals surface area (Å²) in [7, 11) is 0. The highest BCUT2D eigenvalue weighted by molar-refractivity contribution is 6.12.